The van der Waals surface area contributed by atoms with Gasteiger partial charge in [-0.25, -0.2) is 9.78 Å². The van der Waals surface area contributed by atoms with Crippen LogP contribution in [-0.2, 0) is 11.3 Å². The van der Waals surface area contributed by atoms with E-state index in [1.165, 1.54) is 22.9 Å². The molecule has 7 heteroatoms. The Kier molecular flexibility index (Phi) is 5.86. The number of benzene rings is 1. The molecule has 2 N–H and O–H groups in total. The molecule has 0 bridgehead atoms. The number of carboxylic acid groups (broad SMARTS) is 1. The molecule has 0 aliphatic heterocycles. The number of ether oxygens (including phenoxy) is 1. The largest absolute Gasteiger partial charge is 0.504 e. The highest BCUT2D eigenvalue weighted by Gasteiger charge is 2.17. The third-order valence-electron chi connectivity index (χ3n) is 3.38. The van der Waals surface area contributed by atoms with Gasteiger partial charge in [0, 0.05) is 31.9 Å². The van der Waals surface area contributed by atoms with E-state index in [0.29, 0.717) is 5.39 Å². The number of fused-ring (bicyclic) bond motifs is 1. The summed E-state index contributed by atoms with van der Waals surface area (Å²) in [4.78, 5) is 27.0. The molecule has 1 aromatic carbocycles. The number of carbonyl (C=O) groups is 1. The first kappa shape index (κ1) is 18.2. The molecule has 130 valence electrons. The summed E-state index contributed by atoms with van der Waals surface area (Å²) < 4.78 is 5.59. The van der Waals surface area contributed by atoms with Crippen molar-refractivity contribution in [3.8, 4) is 5.75 Å². The number of rotatable bonds is 3. The summed E-state index contributed by atoms with van der Waals surface area (Å²) in [6.07, 6.45) is 1.33. The number of nitrogens with zero attached hydrogens (tertiary/aromatic N) is 2. The first-order chi connectivity index (χ1) is 12.0. The van der Waals surface area contributed by atoms with Gasteiger partial charge in [-0.1, -0.05) is 30.3 Å². The number of hydrogen-bond acceptors (Lipinski definition) is 5. The van der Waals surface area contributed by atoms with Crippen molar-refractivity contribution in [3.63, 3.8) is 0 Å². The standard InChI is InChI=1S/C16H12N2O4.C2H6O/c19-12-7-6-11-8-17-13(16(21)22)15(20)14(11)18(12)9-10-4-2-1-3-5-10;1-3-2/h1-8,20H,9H2,(H,21,22);1-2H3. The van der Waals surface area contributed by atoms with Crippen molar-refractivity contribution in [1.82, 2.24) is 9.55 Å². The molecular weight excluding hydrogens is 324 g/mol. The number of aromatic carboxylic acids is 1. The number of methoxy groups -OCH3 is 1. The Hall–Kier alpha value is -3.19. The maximum absolute atomic E-state index is 12.2. The normalized spacial score (nSPS) is 10.2. The lowest BCUT2D eigenvalue weighted by Gasteiger charge is -2.12. The topological polar surface area (TPSA) is 102 Å². The average Bonchev–Trinajstić information content (AvgIpc) is 2.59. The Labute approximate surface area is 143 Å². The minimum absolute atomic E-state index is 0.170. The molecular formula is C18H18N2O5. The van der Waals surface area contributed by atoms with Crippen molar-refractivity contribution in [3.05, 3.63) is 70.3 Å². The first-order valence-corrected chi connectivity index (χ1v) is 7.38. The van der Waals surface area contributed by atoms with E-state index >= 15 is 0 Å². The van der Waals surface area contributed by atoms with Crippen LogP contribution in [0.15, 0.2) is 53.5 Å². The minimum atomic E-state index is -1.35. The molecule has 0 aliphatic carbocycles. The van der Waals surface area contributed by atoms with Gasteiger partial charge in [-0.2, -0.15) is 0 Å². The van der Waals surface area contributed by atoms with E-state index < -0.39 is 17.4 Å². The molecule has 0 spiro atoms. The van der Waals surface area contributed by atoms with Gasteiger partial charge in [-0.15, -0.1) is 0 Å². The number of pyridine rings is 2. The molecule has 0 atom stereocenters. The quantitative estimate of drug-likeness (QED) is 0.756. The van der Waals surface area contributed by atoms with Gasteiger partial charge in [0.15, 0.2) is 11.4 Å². The summed E-state index contributed by atoms with van der Waals surface area (Å²) in [5.74, 6) is -1.85. The van der Waals surface area contributed by atoms with Gasteiger partial charge in [0.25, 0.3) is 5.56 Å². The summed E-state index contributed by atoms with van der Waals surface area (Å²) in [6.45, 7) is 0.230. The molecule has 2 aromatic heterocycles. The zero-order valence-electron chi connectivity index (χ0n) is 13.8. The number of hydrogen-bond donors (Lipinski definition) is 2. The van der Waals surface area contributed by atoms with Gasteiger partial charge in [-0.05, 0) is 11.6 Å². The fourth-order valence-corrected chi connectivity index (χ4v) is 2.35. The Balaban J connectivity index is 0.000000701. The maximum Gasteiger partial charge on any atom is 0.358 e. The number of aromatic nitrogens is 2. The lowest BCUT2D eigenvalue weighted by molar-refractivity contribution is 0.0687. The van der Waals surface area contributed by atoms with E-state index in [4.69, 9.17) is 5.11 Å². The Morgan fingerprint density at radius 2 is 1.80 bits per heavy atom. The van der Waals surface area contributed by atoms with E-state index in [0.717, 1.165) is 5.56 Å². The molecule has 2 heterocycles. The molecule has 0 radical (unpaired) electrons. The molecule has 0 amide bonds. The van der Waals surface area contributed by atoms with E-state index in [1.54, 1.807) is 14.2 Å². The van der Waals surface area contributed by atoms with Crippen molar-refractivity contribution in [2.45, 2.75) is 6.54 Å². The van der Waals surface area contributed by atoms with Gasteiger partial charge >= 0.3 is 5.97 Å². The molecule has 3 rings (SSSR count). The molecule has 25 heavy (non-hydrogen) atoms. The van der Waals surface area contributed by atoms with Crippen LogP contribution in [0.4, 0.5) is 0 Å². The molecule has 7 nitrogen and oxygen atoms in total. The van der Waals surface area contributed by atoms with Gasteiger partial charge in [0.1, 0.15) is 0 Å². The summed E-state index contributed by atoms with van der Waals surface area (Å²) in [5, 5.41) is 19.8. The van der Waals surface area contributed by atoms with Crippen LogP contribution in [0, 0.1) is 0 Å². The summed E-state index contributed by atoms with van der Waals surface area (Å²) in [7, 11) is 3.25. The van der Waals surface area contributed by atoms with Crippen LogP contribution in [0.3, 0.4) is 0 Å². The van der Waals surface area contributed by atoms with Crippen LogP contribution in [0.2, 0.25) is 0 Å². The fraction of sp³-hybridized carbons (Fsp3) is 0.167. The van der Waals surface area contributed by atoms with Crippen LogP contribution in [0.1, 0.15) is 16.1 Å². The van der Waals surface area contributed by atoms with Crippen LogP contribution in [0.5, 0.6) is 5.75 Å². The van der Waals surface area contributed by atoms with Crippen molar-refractivity contribution in [2.75, 3.05) is 14.2 Å². The van der Waals surface area contributed by atoms with Crippen molar-refractivity contribution in [2.24, 2.45) is 0 Å². The van der Waals surface area contributed by atoms with Crippen LogP contribution in [0.25, 0.3) is 10.9 Å². The van der Waals surface area contributed by atoms with Crippen molar-refractivity contribution >= 4 is 16.9 Å². The molecule has 0 saturated carbocycles. The van der Waals surface area contributed by atoms with E-state index in [2.05, 4.69) is 9.72 Å². The van der Waals surface area contributed by atoms with Crippen LogP contribution >= 0.6 is 0 Å². The summed E-state index contributed by atoms with van der Waals surface area (Å²) in [6, 6.07) is 12.1. The highest BCUT2D eigenvalue weighted by atomic mass is 16.4. The highest BCUT2D eigenvalue weighted by molar-refractivity contribution is 5.96. The van der Waals surface area contributed by atoms with E-state index in [9.17, 15) is 14.7 Å². The minimum Gasteiger partial charge on any atom is -0.504 e. The third-order valence-corrected chi connectivity index (χ3v) is 3.38. The van der Waals surface area contributed by atoms with E-state index in [1.807, 2.05) is 30.3 Å². The number of aromatic hydroxyl groups is 1. The Morgan fingerprint density at radius 1 is 1.16 bits per heavy atom. The smallest absolute Gasteiger partial charge is 0.358 e. The molecule has 0 fully saturated rings. The number of carboxylic acids is 1. The monoisotopic (exact) mass is 342 g/mol. The first-order valence-electron chi connectivity index (χ1n) is 7.38. The second-order valence-electron chi connectivity index (χ2n) is 5.22. The summed E-state index contributed by atoms with van der Waals surface area (Å²) in [5.41, 5.74) is 0.239. The van der Waals surface area contributed by atoms with Crippen LogP contribution < -0.4 is 5.56 Å². The predicted molar refractivity (Wildman–Crippen MR) is 93.1 cm³/mol. The van der Waals surface area contributed by atoms with Gasteiger partial charge in [-0.3, -0.25) is 4.79 Å². The average molecular weight is 342 g/mol. The van der Waals surface area contributed by atoms with Crippen molar-refractivity contribution in [1.29, 1.82) is 0 Å². The second kappa shape index (κ2) is 8.07. The molecule has 0 aliphatic rings. The highest BCUT2D eigenvalue weighted by Crippen LogP contribution is 2.26. The van der Waals surface area contributed by atoms with Crippen LogP contribution in [-0.4, -0.2) is 40.0 Å². The lowest BCUT2D eigenvalue weighted by atomic mass is 10.1. The van der Waals surface area contributed by atoms with Gasteiger partial charge in [0.05, 0.1) is 12.1 Å². The fourth-order valence-electron chi connectivity index (χ4n) is 2.35. The Bertz CT molecular complexity index is 935. The lowest BCUT2D eigenvalue weighted by Crippen LogP contribution is -2.20. The van der Waals surface area contributed by atoms with Gasteiger partial charge in [0.2, 0.25) is 0 Å². The summed E-state index contributed by atoms with van der Waals surface area (Å²) >= 11 is 0. The van der Waals surface area contributed by atoms with Crippen molar-refractivity contribution < 1.29 is 19.7 Å². The maximum atomic E-state index is 12.2. The molecule has 0 unspecified atom stereocenters. The zero-order chi connectivity index (χ0) is 18.4. The molecule has 3 aromatic rings. The predicted octanol–water partition coefficient (Wildman–Crippen LogP) is 2.11. The van der Waals surface area contributed by atoms with Gasteiger partial charge < -0.3 is 19.5 Å². The SMILES string of the molecule is COC.O=C(O)c1ncc2ccc(=O)n(Cc3ccccc3)c2c1O. The second-order valence-corrected chi connectivity index (χ2v) is 5.22. The zero-order valence-corrected chi connectivity index (χ0v) is 13.8. The molecule has 0 saturated heterocycles. The third kappa shape index (κ3) is 4.02. The van der Waals surface area contributed by atoms with E-state index in [-0.39, 0.29) is 17.6 Å². The Morgan fingerprint density at radius 3 is 2.40 bits per heavy atom.